The summed E-state index contributed by atoms with van der Waals surface area (Å²) in [6, 6.07) is 0. The van der Waals surface area contributed by atoms with Crippen molar-refractivity contribution in [3.8, 4) is 0 Å². The smallest absolute Gasteiger partial charge is 0.239 e. The molecule has 0 aromatic rings. The number of hydrogen-bond donors (Lipinski definition) is 2. The lowest BCUT2D eigenvalue weighted by Gasteiger charge is -2.20. The van der Waals surface area contributed by atoms with Gasteiger partial charge in [-0.2, -0.15) is 0 Å². The number of carbonyl (C=O) groups is 2. The van der Waals surface area contributed by atoms with Gasteiger partial charge >= 0.3 is 0 Å². The van der Waals surface area contributed by atoms with E-state index in [0.717, 1.165) is 0 Å². The highest BCUT2D eigenvalue weighted by Crippen LogP contribution is 1.91. The Bertz CT molecular complexity index is 199. The number of rotatable bonds is 6. The molecule has 0 unspecified atom stereocenters. The summed E-state index contributed by atoms with van der Waals surface area (Å²) in [5.74, 6) is -0.454. The van der Waals surface area contributed by atoms with Crippen molar-refractivity contribution in [1.82, 2.24) is 10.2 Å². The van der Waals surface area contributed by atoms with Gasteiger partial charge in [-0.15, -0.1) is 0 Å². The molecule has 78 valence electrons. The van der Waals surface area contributed by atoms with E-state index in [1.54, 1.807) is 0 Å². The van der Waals surface area contributed by atoms with Crippen LogP contribution in [0, 0.1) is 0 Å². The van der Waals surface area contributed by atoms with Crippen LogP contribution in [0.15, 0.2) is 0 Å². The molecule has 2 amide bonds. The summed E-state index contributed by atoms with van der Waals surface area (Å²) < 4.78 is 0. The average Bonchev–Trinajstić information content (AvgIpc) is 2.16. The van der Waals surface area contributed by atoms with E-state index in [2.05, 4.69) is 5.32 Å². The van der Waals surface area contributed by atoms with Gasteiger partial charge in [-0.3, -0.25) is 9.59 Å². The molecule has 14 heavy (non-hydrogen) atoms. The van der Waals surface area contributed by atoms with E-state index in [1.165, 1.54) is 4.90 Å². The summed E-state index contributed by atoms with van der Waals surface area (Å²) in [7, 11) is 5.19. The normalized spacial score (nSPS) is 9.57. The quantitative estimate of drug-likeness (QED) is 0.508. The molecular formula is C8H16BN3O2. The van der Waals surface area contributed by atoms with E-state index in [4.69, 9.17) is 13.6 Å². The van der Waals surface area contributed by atoms with Crippen molar-refractivity contribution >= 4 is 19.7 Å². The van der Waals surface area contributed by atoms with Gasteiger partial charge in [-0.05, 0) is 13.2 Å². The van der Waals surface area contributed by atoms with Crippen LogP contribution >= 0.6 is 0 Å². The van der Waals surface area contributed by atoms with Crippen molar-refractivity contribution in [1.29, 1.82) is 0 Å². The molecule has 6 heteroatoms. The second-order valence-electron chi connectivity index (χ2n) is 2.76. The fourth-order valence-electron chi connectivity index (χ4n) is 1.00. The molecule has 0 aromatic carbocycles. The molecule has 3 N–H and O–H groups in total. The Hall–Kier alpha value is -1.04. The molecule has 0 heterocycles. The molecule has 0 saturated carbocycles. The summed E-state index contributed by atoms with van der Waals surface area (Å²) in [5.41, 5.74) is 5.31. The van der Waals surface area contributed by atoms with Gasteiger partial charge in [0.1, 0.15) is 0 Å². The van der Waals surface area contributed by atoms with E-state index in [-0.39, 0.29) is 24.7 Å². The van der Waals surface area contributed by atoms with E-state index in [0.29, 0.717) is 19.6 Å². The predicted octanol–water partition coefficient (Wildman–Crippen LogP) is -1.50. The molecule has 0 rings (SSSR count). The summed E-state index contributed by atoms with van der Waals surface area (Å²) in [4.78, 5) is 23.7. The largest absolute Gasteiger partial charge is 0.355 e. The van der Waals surface area contributed by atoms with Crippen LogP contribution in [0.25, 0.3) is 0 Å². The van der Waals surface area contributed by atoms with Gasteiger partial charge in [-0.25, -0.2) is 0 Å². The van der Waals surface area contributed by atoms with Crippen molar-refractivity contribution < 1.29 is 9.59 Å². The number of carbonyl (C=O) groups excluding carboxylic acids is 2. The Morgan fingerprint density at radius 1 is 1.50 bits per heavy atom. The first-order valence-corrected chi connectivity index (χ1v) is 4.60. The number of amides is 2. The minimum absolute atomic E-state index is 0.0288. The first kappa shape index (κ1) is 13.0. The number of nitrogens with two attached hydrogens (primary N) is 1. The Balaban J connectivity index is 4.08. The fourth-order valence-corrected chi connectivity index (χ4v) is 1.00. The third kappa shape index (κ3) is 4.86. The van der Waals surface area contributed by atoms with Crippen LogP contribution in [0.1, 0.15) is 6.92 Å². The highest BCUT2D eigenvalue weighted by atomic mass is 16.2. The van der Waals surface area contributed by atoms with Crippen molar-refractivity contribution in [2.24, 2.45) is 5.73 Å². The van der Waals surface area contributed by atoms with Gasteiger partial charge in [-0.1, -0.05) is 0 Å². The molecule has 0 aromatic heterocycles. The molecule has 0 aliphatic carbocycles. The molecule has 0 aliphatic heterocycles. The molecular weight excluding hydrogens is 181 g/mol. The van der Waals surface area contributed by atoms with Crippen molar-refractivity contribution in [3.05, 3.63) is 0 Å². The van der Waals surface area contributed by atoms with E-state index >= 15 is 0 Å². The van der Waals surface area contributed by atoms with E-state index < -0.39 is 0 Å². The number of likely N-dealkylation sites (N-methyl/N-ethyl adjacent to an activating group) is 1. The lowest BCUT2D eigenvalue weighted by Crippen LogP contribution is -2.42. The van der Waals surface area contributed by atoms with Gasteiger partial charge in [0.15, 0.2) is 0 Å². The maximum Gasteiger partial charge on any atom is 0.239 e. The van der Waals surface area contributed by atoms with Gasteiger partial charge in [0, 0.05) is 19.6 Å². The van der Waals surface area contributed by atoms with E-state index in [9.17, 15) is 9.59 Å². The zero-order valence-corrected chi connectivity index (χ0v) is 8.45. The van der Waals surface area contributed by atoms with Gasteiger partial charge in [0.05, 0.1) is 14.4 Å². The van der Waals surface area contributed by atoms with E-state index in [1.807, 2.05) is 6.92 Å². The van der Waals surface area contributed by atoms with Crippen LogP contribution in [0.4, 0.5) is 0 Å². The predicted molar refractivity (Wildman–Crippen MR) is 54.9 cm³/mol. The topological polar surface area (TPSA) is 75.4 Å². The van der Waals surface area contributed by atoms with Crippen molar-refractivity contribution in [2.75, 3.05) is 26.2 Å². The molecule has 2 radical (unpaired) electrons. The second kappa shape index (κ2) is 7.38. The average molecular weight is 197 g/mol. The van der Waals surface area contributed by atoms with Crippen LogP contribution in [0.2, 0.25) is 6.32 Å². The molecule has 5 nitrogen and oxygen atoms in total. The zero-order valence-electron chi connectivity index (χ0n) is 8.45. The second-order valence-corrected chi connectivity index (χ2v) is 2.76. The third-order valence-corrected chi connectivity index (χ3v) is 1.63. The Morgan fingerprint density at radius 3 is 2.57 bits per heavy atom. The molecule has 0 fully saturated rings. The summed E-state index contributed by atoms with van der Waals surface area (Å²) >= 11 is 0. The number of nitrogens with one attached hydrogen (secondary N) is 1. The fraction of sp³-hybridized carbons (Fsp3) is 0.750. The number of hydrogen-bond acceptors (Lipinski definition) is 3. The first-order chi connectivity index (χ1) is 6.65. The Labute approximate surface area is 85.4 Å². The van der Waals surface area contributed by atoms with Crippen LogP contribution in [-0.4, -0.2) is 50.7 Å². The lowest BCUT2D eigenvalue weighted by atomic mass is 10.0. The van der Waals surface area contributed by atoms with Crippen LogP contribution in [-0.2, 0) is 9.59 Å². The monoisotopic (exact) mass is 197 g/mol. The molecule has 0 aliphatic rings. The molecule has 0 saturated heterocycles. The third-order valence-electron chi connectivity index (χ3n) is 1.63. The van der Waals surface area contributed by atoms with Gasteiger partial charge in [0.2, 0.25) is 11.8 Å². The van der Waals surface area contributed by atoms with Gasteiger partial charge in [0.25, 0.3) is 0 Å². The highest BCUT2D eigenvalue weighted by molar-refractivity contribution is 6.19. The van der Waals surface area contributed by atoms with Crippen molar-refractivity contribution in [2.45, 2.75) is 13.2 Å². The molecule has 0 spiro atoms. The Morgan fingerprint density at radius 2 is 2.14 bits per heavy atom. The molecule has 0 atom stereocenters. The Kier molecular flexibility index (Phi) is 6.83. The number of nitrogens with zero attached hydrogens (tertiary/aromatic N) is 1. The standard InChI is InChI=1S/C8H16BN3O2/c1-2-11-7(13)6-12(4-3-10)8(14)5-9/h2-6,10H2,1H3,(H,11,13). The van der Waals surface area contributed by atoms with Crippen molar-refractivity contribution in [3.63, 3.8) is 0 Å². The minimum atomic E-state index is -0.262. The minimum Gasteiger partial charge on any atom is -0.355 e. The van der Waals surface area contributed by atoms with Gasteiger partial charge < -0.3 is 16.0 Å². The summed E-state index contributed by atoms with van der Waals surface area (Å²) in [6.07, 6.45) is -0.0978. The highest BCUT2D eigenvalue weighted by Gasteiger charge is 2.13. The summed E-state index contributed by atoms with van der Waals surface area (Å²) in [5, 5.41) is 2.60. The van der Waals surface area contributed by atoms with Crippen LogP contribution in [0.5, 0.6) is 0 Å². The molecule has 0 bridgehead atoms. The maximum absolute atomic E-state index is 11.2. The first-order valence-electron chi connectivity index (χ1n) is 4.60. The lowest BCUT2D eigenvalue weighted by molar-refractivity contribution is -0.134. The maximum atomic E-state index is 11.2. The SMILES string of the molecule is [B]CC(=O)N(CCN)CC(=O)NCC. The van der Waals surface area contributed by atoms with Crippen LogP contribution < -0.4 is 11.1 Å². The van der Waals surface area contributed by atoms with Crippen LogP contribution in [0.3, 0.4) is 0 Å². The summed E-state index contributed by atoms with van der Waals surface area (Å²) in [6.45, 7) is 3.07. The zero-order chi connectivity index (χ0) is 11.0.